The van der Waals surface area contributed by atoms with Crippen LogP contribution in [-0.2, 0) is 4.79 Å². The van der Waals surface area contributed by atoms with Gasteiger partial charge in [0.1, 0.15) is 6.29 Å². The van der Waals surface area contributed by atoms with Crippen molar-refractivity contribution in [2.75, 3.05) is 0 Å². The van der Waals surface area contributed by atoms with E-state index in [1.165, 1.54) is 25.2 Å². The van der Waals surface area contributed by atoms with E-state index >= 15 is 0 Å². The second-order valence-electron chi connectivity index (χ2n) is 5.42. The van der Waals surface area contributed by atoms with Gasteiger partial charge in [-0.05, 0) is 18.9 Å². The highest BCUT2D eigenvalue weighted by Crippen LogP contribution is 2.42. The lowest BCUT2D eigenvalue weighted by molar-refractivity contribution is -0.115. The second kappa shape index (κ2) is 3.33. The first-order valence-corrected chi connectivity index (χ1v) is 8.65. The highest BCUT2D eigenvalue weighted by molar-refractivity contribution is 6.76. The van der Waals surface area contributed by atoms with Gasteiger partial charge in [0.25, 0.3) is 0 Å². The average Bonchev–Trinajstić information content (AvgIpc) is 2.34. The van der Waals surface area contributed by atoms with Crippen LogP contribution in [0, 0.1) is 5.41 Å². The Balaban J connectivity index is 2.62. The predicted molar refractivity (Wildman–Crippen MR) is 55.1 cm³/mol. The molecule has 0 radical (unpaired) electrons. The molecule has 0 saturated heterocycles. The third kappa shape index (κ3) is 2.44. The summed E-state index contributed by atoms with van der Waals surface area (Å²) in [6, 6.07) is 1.20. The Bertz CT molecular complexity index is 163. The molecule has 1 fully saturated rings. The topological polar surface area (TPSA) is 17.1 Å². The summed E-state index contributed by atoms with van der Waals surface area (Å²) in [6.07, 6.45) is 6.09. The number of aldehydes is 1. The maximum absolute atomic E-state index is 11.0. The molecule has 1 rings (SSSR count). The Hall–Kier alpha value is -0.113. The van der Waals surface area contributed by atoms with E-state index < -0.39 is 8.07 Å². The average molecular weight is 184 g/mol. The molecule has 0 aromatic carbocycles. The molecule has 0 spiro atoms. The summed E-state index contributed by atoms with van der Waals surface area (Å²) in [4.78, 5) is 11.0. The number of carbonyl (C=O) groups excluding carboxylic acids is 1. The quantitative estimate of drug-likeness (QED) is 0.486. The molecule has 0 unspecified atom stereocenters. The summed E-state index contributed by atoms with van der Waals surface area (Å²) >= 11 is 0. The van der Waals surface area contributed by atoms with Gasteiger partial charge in [-0.15, -0.1) is 0 Å². The molecular weight excluding hydrogens is 164 g/mol. The van der Waals surface area contributed by atoms with Gasteiger partial charge in [0.05, 0.1) is 0 Å². The van der Waals surface area contributed by atoms with Crippen LogP contribution in [0.25, 0.3) is 0 Å². The van der Waals surface area contributed by atoms with E-state index in [0.717, 1.165) is 12.8 Å². The molecule has 0 aliphatic heterocycles. The Morgan fingerprint density at radius 2 is 1.75 bits per heavy atom. The molecule has 0 N–H and O–H groups in total. The van der Waals surface area contributed by atoms with Crippen LogP contribution >= 0.6 is 0 Å². The van der Waals surface area contributed by atoms with Crippen LogP contribution in [0.1, 0.15) is 25.7 Å². The second-order valence-corrected chi connectivity index (χ2v) is 10.9. The SMILES string of the molecule is C[Si](C)(C)CC1(C=O)CCCC1. The van der Waals surface area contributed by atoms with Crippen molar-refractivity contribution in [1.29, 1.82) is 0 Å². The molecule has 1 nitrogen and oxygen atoms in total. The van der Waals surface area contributed by atoms with Crippen LogP contribution in [0.3, 0.4) is 0 Å². The van der Waals surface area contributed by atoms with Gasteiger partial charge in [-0.25, -0.2) is 0 Å². The Morgan fingerprint density at radius 3 is 2.08 bits per heavy atom. The van der Waals surface area contributed by atoms with E-state index in [-0.39, 0.29) is 5.41 Å². The van der Waals surface area contributed by atoms with Gasteiger partial charge in [-0.3, -0.25) is 0 Å². The summed E-state index contributed by atoms with van der Waals surface area (Å²) in [5.41, 5.74) is 0.102. The van der Waals surface area contributed by atoms with Crippen LogP contribution in [0.15, 0.2) is 0 Å². The monoisotopic (exact) mass is 184 g/mol. The van der Waals surface area contributed by atoms with E-state index in [1.807, 2.05) is 0 Å². The molecule has 2 heteroatoms. The van der Waals surface area contributed by atoms with Crippen molar-refractivity contribution in [1.82, 2.24) is 0 Å². The smallest absolute Gasteiger partial charge is 0.125 e. The van der Waals surface area contributed by atoms with E-state index in [0.29, 0.717) is 0 Å². The van der Waals surface area contributed by atoms with Crippen LogP contribution in [-0.4, -0.2) is 14.4 Å². The lowest BCUT2D eigenvalue weighted by Crippen LogP contribution is -2.31. The van der Waals surface area contributed by atoms with Gasteiger partial charge in [0, 0.05) is 13.5 Å². The Labute approximate surface area is 76.6 Å². The summed E-state index contributed by atoms with van der Waals surface area (Å²) in [5.74, 6) is 0. The minimum atomic E-state index is -1.05. The maximum atomic E-state index is 11.0. The summed E-state index contributed by atoms with van der Waals surface area (Å²) < 4.78 is 0. The van der Waals surface area contributed by atoms with Crippen molar-refractivity contribution in [3.8, 4) is 0 Å². The lowest BCUT2D eigenvalue weighted by Gasteiger charge is -2.29. The van der Waals surface area contributed by atoms with Crippen molar-refractivity contribution < 1.29 is 4.79 Å². The Morgan fingerprint density at radius 1 is 1.25 bits per heavy atom. The first kappa shape index (κ1) is 9.97. The molecular formula is C10H20OSi. The van der Waals surface area contributed by atoms with E-state index in [1.54, 1.807) is 0 Å². The number of hydrogen-bond donors (Lipinski definition) is 0. The molecule has 1 saturated carbocycles. The first-order valence-electron chi connectivity index (χ1n) is 4.94. The van der Waals surface area contributed by atoms with Crippen molar-refractivity contribution in [2.24, 2.45) is 5.41 Å². The fourth-order valence-electron chi connectivity index (χ4n) is 2.47. The molecule has 1 aliphatic carbocycles. The van der Waals surface area contributed by atoms with E-state index in [2.05, 4.69) is 19.6 Å². The minimum absolute atomic E-state index is 0.102. The summed E-state index contributed by atoms with van der Waals surface area (Å²) in [7, 11) is -1.05. The molecule has 0 heterocycles. The fraction of sp³-hybridized carbons (Fsp3) is 0.900. The normalized spacial score (nSPS) is 22.6. The summed E-state index contributed by atoms with van der Waals surface area (Å²) in [6.45, 7) is 7.07. The lowest BCUT2D eigenvalue weighted by atomic mass is 9.91. The molecule has 70 valence electrons. The maximum Gasteiger partial charge on any atom is 0.125 e. The van der Waals surface area contributed by atoms with Crippen molar-refractivity contribution in [2.45, 2.75) is 51.4 Å². The highest BCUT2D eigenvalue weighted by Gasteiger charge is 2.37. The summed E-state index contributed by atoms with van der Waals surface area (Å²) in [5, 5.41) is 0. The van der Waals surface area contributed by atoms with Gasteiger partial charge in [-0.1, -0.05) is 32.5 Å². The van der Waals surface area contributed by atoms with Crippen molar-refractivity contribution >= 4 is 14.4 Å². The highest BCUT2D eigenvalue weighted by atomic mass is 28.3. The number of rotatable bonds is 3. The molecule has 0 aromatic rings. The van der Waals surface area contributed by atoms with Crippen LogP contribution < -0.4 is 0 Å². The standard InChI is InChI=1S/C10H20OSi/c1-12(2,3)9-10(8-11)6-4-5-7-10/h8H,4-7,9H2,1-3H3. The predicted octanol–water partition coefficient (Wildman–Crippen LogP) is 3.08. The molecule has 1 aliphatic rings. The van der Waals surface area contributed by atoms with Gasteiger partial charge in [0.2, 0.25) is 0 Å². The molecule has 0 bridgehead atoms. The molecule has 0 atom stereocenters. The third-order valence-corrected chi connectivity index (χ3v) is 4.50. The first-order chi connectivity index (χ1) is 5.47. The minimum Gasteiger partial charge on any atom is -0.303 e. The van der Waals surface area contributed by atoms with E-state index in [4.69, 9.17) is 0 Å². The van der Waals surface area contributed by atoms with E-state index in [9.17, 15) is 4.79 Å². The van der Waals surface area contributed by atoms with Crippen LogP contribution in [0.5, 0.6) is 0 Å². The van der Waals surface area contributed by atoms with Gasteiger partial charge in [-0.2, -0.15) is 0 Å². The van der Waals surface area contributed by atoms with Crippen molar-refractivity contribution in [3.63, 3.8) is 0 Å². The van der Waals surface area contributed by atoms with Gasteiger partial charge < -0.3 is 4.79 Å². The molecule has 0 aromatic heterocycles. The largest absolute Gasteiger partial charge is 0.303 e. The zero-order valence-corrected chi connectivity index (χ0v) is 9.52. The third-order valence-electron chi connectivity index (χ3n) is 2.73. The number of hydrogen-bond acceptors (Lipinski definition) is 1. The van der Waals surface area contributed by atoms with Crippen LogP contribution in [0.4, 0.5) is 0 Å². The van der Waals surface area contributed by atoms with Crippen LogP contribution in [0.2, 0.25) is 25.7 Å². The zero-order chi connectivity index (χ0) is 9.24. The molecule has 12 heavy (non-hydrogen) atoms. The Kier molecular flexibility index (Phi) is 2.76. The van der Waals surface area contributed by atoms with Gasteiger partial charge in [0.15, 0.2) is 0 Å². The van der Waals surface area contributed by atoms with Gasteiger partial charge >= 0.3 is 0 Å². The number of carbonyl (C=O) groups is 1. The zero-order valence-electron chi connectivity index (χ0n) is 8.52. The fourth-order valence-corrected chi connectivity index (χ4v) is 5.02. The molecule has 0 amide bonds. The van der Waals surface area contributed by atoms with Crippen molar-refractivity contribution in [3.05, 3.63) is 0 Å².